The Kier molecular flexibility index (Phi) is 14.4. The van der Waals surface area contributed by atoms with Gasteiger partial charge in [0.05, 0.1) is 31.5 Å². The SMILES string of the molecule is COC(=O)C(CCC(=O)NCCCC[C@H](C(=O)OC(C)(C)C)C(C)(C)C)NC(=O)c1ccc(N(Cc2cnc3nc(N)[nH]c(=O)c3n2)C(=O)C(F)(F)F)cc1. The van der Waals surface area contributed by atoms with Crippen molar-refractivity contribution in [3.05, 3.63) is 52.1 Å². The van der Waals surface area contributed by atoms with Crippen LogP contribution in [0.3, 0.4) is 0 Å². The maximum atomic E-state index is 13.6. The van der Waals surface area contributed by atoms with Crippen LogP contribution in [0.5, 0.6) is 0 Å². The highest BCUT2D eigenvalue weighted by Gasteiger charge is 2.43. The second-order valence-electron chi connectivity index (χ2n) is 14.8. The molecule has 0 aliphatic rings. The fraction of sp³-hybridized carbons (Fsp3) is 0.528. The van der Waals surface area contributed by atoms with Gasteiger partial charge < -0.3 is 25.8 Å². The van der Waals surface area contributed by atoms with Crippen LogP contribution < -0.4 is 26.8 Å². The number of rotatable bonds is 15. The first kappa shape index (κ1) is 43.8. The number of hydrogen-bond donors (Lipinski definition) is 4. The number of unbranched alkanes of at least 4 members (excludes halogenated alkanes) is 1. The van der Waals surface area contributed by atoms with E-state index in [1.54, 1.807) is 0 Å². The van der Waals surface area contributed by atoms with Crippen molar-refractivity contribution in [1.82, 2.24) is 30.6 Å². The Labute approximate surface area is 315 Å². The Bertz CT molecular complexity index is 1920. The standard InChI is InChI=1S/C36H47F3N8O8/c1-34(2,3)23(30(51)55-35(4,5)6)10-8-9-17-41-25(48)16-15-24(31(52)54-7)44-28(49)20-11-13-22(14-12-20)47(32(53)36(37,38)39)19-21-18-42-27-26(43-21)29(50)46-33(40)45-27/h11-14,18,23-24H,8-10,15-17,19H2,1-7H3,(H,41,48)(H,44,49)(H3,40,42,45,46,50)/t23-,24?/m1/s1. The normalized spacial score (nSPS) is 13.1. The molecule has 16 nitrogen and oxygen atoms in total. The van der Waals surface area contributed by atoms with Crippen molar-refractivity contribution < 1.29 is 46.6 Å². The summed E-state index contributed by atoms with van der Waals surface area (Å²) < 4.78 is 51.2. The summed E-state index contributed by atoms with van der Waals surface area (Å²) in [4.78, 5) is 89.8. The number of carbonyl (C=O) groups is 5. The van der Waals surface area contributed by atoms with Crippen LogP contribution in [0.25, 0.3) is 11.2 Å². The van der Waals surface area contributed by atoms with Crippen LogP contribution in [-0.2, 0) is 35.2 Å². The van der Waals surface area contributed by atoms with Crippen LogP contribution in [0.2, 0.25) is 0 Å². The number of fused-ring (bicyclic) bond motifs is 1. The molecule has 2 aromatic heterocycles. The van der Waals surface area contributed by atoms with Crippen LogP contribution in [0.4, 0.5) is 24.8 Å². The van der Waals surface area contributed by atoms with Crippen molar-refractivity contribution in [1.29, 1.82) is 0 Å². The predicted octanol–water partition coefficient (Wildman–Crippen LogP) is 3.73. The van der Waals surface area contributed by atoms with E-state index in [9.17, 15) is 41.9 Å². The Morgan fingerprint density at radius 2 is 1.60 bits per heavy atom. The summed E-state index contributed by atoms with van der Waals surface area (Å²) in [6.45, 7) is 10.9. The fourth-order valence-electron chi connectivity index (χ4n) is 5.41. The number of ether oxygens (including phenoxy) is 2. The lowest BCUT2D eigenvalue weighted by atomic mass is 9.78. The van der Waals surface area contributed by atoms with Crippen LogP contribution in [-0.4, -0.2) is 81.1 Å². The highest BCUT2D eigenvalue weighted by Crippen LogP contribution is 2.32. The van der Waals surface area contributed by atoms with E-state index in [0.717, 1.165) is 37.6 Å². The summed E-state index contributed by atoms with van der Waals surface area (Å²) in [5.74, 6) is -5.12. The second-order valence-corrected chi connectivity index (χ2v) is 14.8. The first-order chi connectivity index (χ1) is 25.5. The zero-order valence-corrected chi connectivity index (χ0v) is 31.8. The number of alkyl halides is 3. The van der Waals surface area contributed by atoms with Crippen molar-refractivity contribution in [2.75, 3.05) is 24.3 Å². The van der Waals surface area contributed by atoms with Crippen molar-refractivity contribution >= 4 is 52.5 Å². The molecule has 0 radical (unpaired) electrons. The summed E-state index contributed by atoms with van der Waals surface area (Å²) in [5, 5.41) is 5.23. The lowest BCUT2D eigenvalue weighted by molar-refractivity contribution is -0.170. The number of benzene rings is 1. The molecule has 1 unspecified atom stereocenters. The lowest BCUT2D eigenvalue weighted by Crippen LogP contribution is -2.42. The van der Waals surface area contributed by atoms with Gasteiger partial charge in [0.15, 0.2) is 11.2 Å². The van der Waals surface area contributed by atoms with Crippen LogP contribution in [0.15, 0.2) is 35.3 Å². The molecule has 0 saturated carbocycles. The first-order valence-electron chi connectivity index (χ1n) is 17.4. The number of nitrogens with zero attached hydrogens (tertiary/aromatic N) is 4. The number of aromatic amines is 1. The topological polar surface area (TPSA) is 229 Å². The van der Waals surface area contributed by atoms with Crippen molar-refractivity contribution in [2.24, 2.45) is 11.3 Å². The smallest absolute Gasteiger partial charge is 0.467 e. The number of anilines is 2. The fourth-order valence-corrected chi connectivity index (χ4v) is 5.41. The van der Waals surface area contributed by atoms with E-state index in [2.05, 4.69) is 30.6 Å². The minimum absolute atomic E-state index is 0.0813. The molecule has 19 heteroatoms. The molecule has 0 fully saturated rings. The zero-order valence-electron chi connectivity index (χ0n) is 31.8. The molecule has 0 spiro atoms. The molecule has 2 heterocycles. The van der Waals surface area contributed by atoms with Gasteiger partial charge in [0.25, 0.3) is 11.5 Å². The minimum atomic E-state index is -5.30. The molecule has 300 valence electrons. The highest BCUT2D eigenvalue weighted by molar-refractivity contribution is 5.99. The minimum Gasteiger partial charge on any atom is -0.467 e. The quantitative estimate of drug-likeness (QED) is 0.128. The average molecular weight is 777 g/mol. The number of amides is 3. The van der Waals surface area contributed by atoms with Gasteiger partial charge in [0, 0.05) is 24.2 Å². The van der Waals surface area contributed by atoms with Gasteiger partial charge in [0.1, 0.15) is 11.6 Å². The largest absolute Gasteiger partial charge is 0.471 e. The molecule has 1 aromatic carbocycles. The zero-order chi connectivity index (χ0) is 41.3. The summed E-state index contributed by atoms with van der Waals surface area (Å²) in [6.07, 6.45) is -2.74. The van der Waals surface area contributed by atoms with Crippen molar-refractivity contribution in [3.63, 3.8) is 0 Å². The van der Waals surface area contributed by atoms with E-state index in [1.165, 1.54) is 0 Å². The number of esters is 2. The molecule has 5 N–H and O–H groups in total. The van der Waals surface area contributed by atoms with E-state index in [-0.39, 0.29) is 70.1 Å². The van der Waals surface area contributed by atoms with Gasteiger partial charge in [-0.25, -0.2) is 14.8 Å². The summed E-state index contributed by atoms with van der Waals surface area (Å²) in [6, 6.07) is 3.20. The van der Waals surface area contributed by atoms with E-state index in [1.807, 2.05) is 41.5 Å². The lowest BCUT2D eigenvalue weighted by Gasteiger charge is -2.32. The number of hydrogen-bond acceptors (Lipinski definition) is 12. The van der Waals surface area contributed by atoms with Crippen LogP contribution >= 0.6 is 0 Å². The third kappa shape index (κ3) is 13.0. The number of nitrogens with one attached hydrogen (secondary N) is 3. The van der Waals surface area contributed by atoms with Gasteiger partial charge in [-0.1, -0.05) is 27.2 Å². The number of carbonyl (C=O) groups excluding carboxylic acids is 5. The Morgan fingerprint density at radius 3 is 2.18 bits per heavy atom. The third-order valence-corrected chi connectivity index (χ3v) is 8.16. The van der Waals surface area contributed by atoms with Gasteiger partial charge in [-0.05, 0) is 69.7 Å². The summed E-state index contributed by atoms with van der Waals surface area (Å²) in [7, 11) is 1.10. The van der Waals surface area contributed by atoms with Crippen LogP contribution in [0.1, 0.15) is 89.7 Å². The molecule has 0 saturated heterocycles. The molecular weight excluding hydrogens is 729 g/mol. The van der Waals surface area contributed by atoms with Gasteiger partial charge in [-0.2, -0.15) is 18.2 Å². The number of halogens is 3. The van der Waals surface area contributed by atoms with Gasteiger partial charge >= 0.3 is 24.0 Å². The molecule has 3 aromatic rings. The van der Waals surface area contributed by atoms with E-state index >= 15 is 0 Å². The predicted molar refractivity (Wildman–Crippen MR) is 194 cm³/mol. The molecule has 0 bridgehead atoms. The average Bonchev–Trinajstić information content (AvgIpc) is 3.08. The molecule has 3 rings (SSSR count). The summed E-state index contributed by atoms with van der Waals surface area (Å²) in [5.41, 5.74) is 2.77. The van der Waals surface area contributed by atoms with Gasteiger partial charge in [-0.3, -0.25) is 33.9 Å². The highest BCUT2D eigenvalue weighted by atomic mass is 19.4. The maximum absolute atomic E-state index is 13.6. The Balaban J connectivity index is 1.62. The number of nitrogen functional groups attached to an aromatic ring is 1. The van der Waals surface area contributed by atoms with Crippen molar-refractivity contribution in [2.45, 2.75) is 98.0 Å². The monoisotopic (exact) mass is 776 g/mol. The second kappa shape index (κ2) is 18.1. The van der Waals surface area contributed by atoms with Crippen LogP contribution in [0, 0.1) is 11.3 Å². The molecule has 0 aliphatic heterocycles. The first-order valence-corrected chi connectivity index (χ1v) is 17.4. The third-order valence-electron chi connectivity index (χ3n) is 8.16. The Morgan fingerprint density at radius 1 is 0.945 bits per heavy atom. The van der Waals surface area contributed by atoms with E-state index < -0.39 is 47.7 Å². The maximum Gasteiger partial charge on any atom is 0.471 e. The van der Waals surface area contributed by atoms with E-state index in [4.69, 9.17) is 15.2 Å². The number of nitrogens with two attached hydrogens (primary N) is 1. The number of H-pyrrole nitrogens is 1. The van der Waals surface area contributed by atoms with Gasteiger partial charge in [0.2, 0.25) is 11.9 Å². The van der Waals surface area contributed by atoms with Gasteiger partial charge in [-0.15, -0.1) is 0 Å². The Hall–Kier alpha value is -5.62. The number of methoxy groups -OCH3 is 1. The summed E-state index contributed by atoms with van der Waals surface area (Å²) >= 11 is 0. The molecule has 55 heavy (non-hydrogen) atoms. The number of aromatic nitrogens is 4. The molecule has 2 atom stereocenters. The van der Waals surface area contributed by atoms with Crippen molar-refractivity contribution in [3.8, 4) is 0 Å². The molecular formula is C36H47F3N8O8. The molecule has 0 aliphatic carbocycles. The molecule has 3 amide bonds. The van der Waals surface area contributed by atoms with E-state index in [0.29, 0.717) is 30.7 Å².